The average molecular weight is 274 g/mol. The number of hydrogen-bond donors (Lipinski definition) is 1. The molecule has 3 nitrogen and oxygen atoms in total. The van der Waals surface area contributed by atoms with Crippen LogP contribution in [0.2, 0.25) is 0 Å². The highest BCUT2D eigenvalue weighted by Crippen LogP contribution is 2.41. The third-order valence-corrected chi connectivity index (χ3v) is 5.11. The van der Waals surface area contributed by atoms with Gasteiger partial charge in [-0.1, -0.05) is 25.0 Å². The van der Waals surface area contributed by atoms with Gasteiger partial charge in [-0.2, -0.15) is 0 Å². The van der Waals surface area contributed by atoms with Gasteiger partial charge in [-0.3, -0.25) is 0 Å². The largest absolute Gasteiger partial charge is 0.375 e. The molecular formula is C17H26N2O. The van der Waals surface area contributed by atoms with E-state index in [1.54, 1.807) is 0 Å². The fraction of sp³-hybridized carbons (Fsp3) is 0.647. The van der Waals surface area contributed by atoms with Gasteiger partial charge >= 0.3 is 0 Å². The van der Waals surface area contributed by atoms with E-state index >= 15 is 0 Å². The lowest BCUT2D eigenvalue weighted by Gasteiger charge is -2.42. The van der Waals surface area contributed by atoms with E-state index in [-0.39, 0.29) is 5.60 Å². The Bertz CT molecular complexity index is 437. The Kier molecular flexibility index (Phi) is 3.99. The van der Waals surface area contributed by atoms with Gasteiger partial charge in [0.25, 0.3) is 0 Å². The van der Waals surface area contributed by atoms with Crippen LogP contribution in [0.1, 0.15) is 44.1 Å². The van der Waals surface area contributed by atoms with E-state index in [4.69, 9.17) is 10.5 Å². The first kappa shape index (κ1) is 13.9. The molecule has 0 aromatic heterocycles. The van der Waals surface area contributed by atoms with Crippen molar-refractivity contribution in [2.24, 2.45) is 5.73 Å². The zero-order chi connectivity index (χ0) is 14.0. The van der Waals surface area contributed by atoms with Gasteiger partial charge in [0.05, 0.1) is 5.60 Å². The lowest BCUT2D eigenvalue weighted by Crippen LogP contribution is -2.46. The Morgan fingerprint density at radius 1 is 1.25 bits per heavy atom. The number of nitrogens with zero attached hydrogens (tertiary/aromatic N) is 1. The molecule has 1 atom stereocenters. The molecule has 110 valence electrons. The summed E-state index contributed by atoms with van der Waals surface area (Å²) in [6.45, 7) is 1.53. The van der Waals surface area contributed by atoms with Crippen LogP contribution in [0.25, 0.3) is 0 Å². The van der Waals surface area contributed by atoms with E-state index in [2.05, 4.69) is 36.2 Å². The molecule has 3 heteroatoms. The molecule has 1 aromatic carbocycles. The predicted octanol–water partition coefficient (Wildman–Crippen LogP) is 3.07. The van der Waals surface area contributed by atoms with Crippen molar-refractivity contribution in [3.8, 4) is 0 Å². The number of ether oxygens (including phenoxy) is 1. The van der Waals surface area contributed by atoms with Crippen LogP contribution >= 0.6 is 0 Å². The molecule has 0 radical (unpaired) electrons. The van der Waals surface area contributed by atoms with Crippen LogP contribution < -0.4 is 10.6 Å². The van der Waals surface area contributed by atoms with E-state index in [9.17, 15) is 0 Å². The van der Waals surface area contributed by atoms with Crippen molar-refractivity contribution >= 4 is 5.69 Å². The van der Waals surface area contributed by atoms with Crippen LogP contribution in [-0.4, -0.2) is 25.3 Å². The number of anilines is 1. The van der Waals surface area contributed by atoms with E-state index in [1.807, 2.05) is 0 Å². The second kappa shape index (κ2) is 5.74. The van der Waals surface area contributed by atoms with Crippen LogP contribution in [0, 0.1) is 0 Å². The summed E-state index contributed by atoms with van der Waals surface area (Å²) in [4.78, 5) is 2.43. The first-order valence-corrected chi connectivity index (χ1v) is 7.88. The number of benzene rings is 1. The first-order valence-electron chi connectivity index (χ1n) is 7.88. The molecule has 1 saturated carbocycles. The lowest BCUT2D eigenvalue weighted by atomic mass is 9.88. The Morgan fingerprint density at radius 2 is 1.95 bits per heavy atom. The maximum Gasteiger partial charge on any atom is 0.0702 e. The van der Waals surface area contributed by atoms with Crippen molar-refractivity contribution in [2.75, 3.05) is 18.6 Å². The van der Waals surface area contributed by atoms with Gasteiger partial charge < -0.3 is 15.4 Å². The van der Waals surface area contributed by atoms with E-state index in [0.717, 1.165) is 13.0 Å². The second-order valence-corrected chi connectivity index (χ2v) is 6.37. The monoisotopic (exact) mass is 274 g/mol. The van der Waals surface area contributed by atoms with E-state index in [1.165, 1.54) is 43.4 Å². The molecule has 1 spiro atoms. The maximum atomic E-state index is 6.14. The van der Waals surface area contributed by atoms with Gasteiger partial charge in [0.1, 0.15) is 0 Å². The lowest BCUT2D eigenvalue weighted by molar-refractivity contribution is -0.0795. The predicted molar refractivity (Wildman–Crippen MR) is 82.9 cm³/mol. The zero-order valence-corrected chi connectivity index (χ0v) is 12.5. The van der Waals surface area contributed by atoms with E-state index in [0.29, 0.717) is 12.6 Å². The van der Waals surface area contributed by atoms with Crippen molar-refractivity contribution < 1.29 is 4.74 Å². The summed E-state index contributed by atoms with van der Waals surface area (Å²) in [5.74, 6) is 0. The summed E-state index contributed by atoms with van der Waals surface area (Å²) < 4.78 is 6.14. The average Bonchev–Trinajstić information content (AvgIpc) is 2.94. The standard InChI is InChI=1S/C17H26N2O/c1-19(15-6-4-14(13-18)5-7-15)16-8-11-20-17(12-16)9-2-3-10-17/h4-7,16H,2-3,8-13,18H2,1H3. The molecule has 1 saturated heterocycles. The molecule has 0 amide bonds. The molecule has 2 aliphatic rings. The SMILES string of the molecule is CN(c1ccc(CN)cc1)C1CCOC2(CCCC2)C1. The quantitative estimate of drug-likeness (QED) is 0.920. The van der Waals surface area contributed by atoms with Crippen molar-refractivity contribution in [3.63, 3.8) is 0 Å². The van der Waals surface area contributed by atoms with Crippen LogP contribution in [0.5, 0.6) is 0 Å². The zero-order valence-electron chi connectivity index (χ0n) is 12.5. The molecule has 0 bridgehead atoms. The third-order valence-electron chi connectivity index (χ3n) is 5.11. The van der Waals surface area contributed by atoms with Gasteiger partial charge in [0.15, 0.2) is 0 Å². The Balaban J connectivity index is 1.70. The van der Waals surface area contributed by atoms with Gasteiger partial charge in [-0.15, -0.1) is 0 Å². The third kappa shape index (κ3) is 2.70. The minimum Gasteiger partial charge on any atom is -0.375 e. The van der Waals surface area contributed by atoms with Crippen molar-refractivity contribution in [1.82, 2.24) is 0 Å². The fourth-order valence-electron chi connectivity index (χ4n) is 3.78. The molecule has 1 unspecified atom stereocenters. The normalized spacial score (nSPS) is 25.0. The minimum absolute atomic E-state index is 0.189. The van der Waals surface area contributed by atoms with Gasteiger partial charge in [0, 0.05) is 31.9 Å². The van der Waals surface area contributed by atoms with Crippen LogP contribution in [0.4, 0.5) is 5.69 Å². The van der Waals surface area contributed by atoms with Gasteiger partial charge in [-0.25, -0.2) is 0 Å². The molecule has 3 rings (SSSR count). The first-order chi connectivity index (χ1) is 9.72. The number of hydrogen-bond acceptors (Lipinski definition) is 3. The highest BCUT2D eigenvalue weighted by Gasteiger charge is 2.40. The highest BCUT2D eigenvalue weighted by molar-refractivity contribution is 5.48. The fourth-order valence-corrected chi connectivity index (χ4v) is 3.78. The highest BCUT2D eigenvalue weighted by atomic mass is 16.5. The van der Waals surface area contributed by atoms with Crippen LogP contribution in [-0.2, 0) is 11.3 Å². The van der Waals surface area contributed by atoms with Crippen molar-refractivity contribution in [2.45, 2.75) is 56.7 Å². The maximum absolute atomic E-state index is 6.14. The Labute approximate surface area is 122 Å². The van der Waals surface area contributed by atoms with Crippen LogP contribution in [0.15, 0.2) is 24.3 Å². The Hall–Kier alpha value is -1.06. The topological polar surface area (TPSA) is 38.5 Å². The molecule has 20 heavy (non-hydrogen) atoms. The molecule has 1 aliphatic carbocycles. The van der Waals surface area contributed by atoms with Crippen molar-refractivity contribution in [1.29, 1.82) is 0 Å². The smallest absolute Gasteiger partial charge is 0.0702 e. The van der Waals surface area contributed by atoms with Crippen molar-refractivity contribution in [3.05, 3.63) is 29.8 Å². The van der Waals surface area contributed by atoms with Gasteiger partial charge in [0.2, 0.25) is 0 Å². The van der Waals surface area contributed by atoms with Gasteiger partial charge in [-0.05, 0) is 43.4 Å². The van der Waals surface area contributed by atoms with Crippen LogP contribution in [0.3, 0.4) is 0 Å². The summed E-state index contributed by atoms with van der Waals surface area (Å²) in [6.07, 6.45) is 7.50. The number of rotatable bonds is 3. The second-order valence-electron chi connectivity index (χ2n) is 6.37. The van der Waals surface area contributed by atoms with E-state index < -0.39 is 0 Å². The molecule has 1 aromatic rings. The molecule has 1 aliphatic heterocycles. The summed E-state index contributed by atoms with van der Waals surface area (Å²) >= 11 is 0. The summed E-state index contributed by atoms with van der Waals surface area (Å²) in [6, 6.07) is 9.26. The molecular weight excluding hydrogens is 248 g/mol. The number of nitrogens with two attached hydrogens (primary N) is 1. The molecule has 2 N–H and O–H groups in total. The Morgan fingerprint density at radius 3 is 2.60 bits per heavy atom. The molecule has 1 heterocycles. The molecule has 2 fully saturated rings. The summed E-state index contributed by atoms with van der Waals surface area (Å²) in [5, 5.41) is 0. The summed E-state index contributed by atoms with van der Waals surface area (Å²) in [5.41, 5.74) is 8.35. The minimum atomic E-state index is 0.189. The summed E-state index contributed by atoms with van der Waals surface area (Å²) in [7, 11) is 2.22.